The average molecular weight is 338 g/mol. The van der Waals surface area contributed by atoms with Crippen molar-refractivity contribution in [2.75, 3.05) is 14.2 Å². The number of aromatic nitrogens is 2. The molecule has 0 aliphatic heterocycles. The standard InChI is InChI=1S/C19H18N2O4/c1-23-17-8-9-18(24-2)15(12-17)13-25-19(22)14-4-6-16(7-5-14)21-11-3-10-20-21/h3-12H,13H2,1-2H3. The van der Waals surface area contributed by atoms with E-state index in [0.717, 1.165) is 11.3 Å². The molecule has 0 fully saturated rings. The van der Waals surface area contributed by atoms with E-state index >= 15 is 0 Å². The molecule has 25 heavy (non-hydrogen) atoms. The third-order valence-electron chi connectivity index (χ3n) is 3.72. The van der Waals surface area contributed by atoms with Gasteiger partial charge >= 0.3 is 5.97 Å². The van der Waals surface area contributed by atoms with Gasteiger partial charge in [0.1, 0.15) is 18.1 Å². The molecule has 0 saturated carbocycles. The topological polar surface area (TPSA) is 62.6 Å². The Morgan fingerprint density at radius 1 is 1.08 bits per heavy atom. The number of hydrogen-bond acceptors (Lipinski definition) is 5. The Kier molecular flexibility index (Phi) is 4.99. The largest absolute Gasteiger partial charge is 0.497 e. The van der Waals surface area contributed by atoms with Crippen molar-refractivity contribution in [2.24, 2.45) is 0 Å². The number of carbonyl (C=O) groups is 1. The van der Waals surface area contributed by atoms with Crippen LogP contribution in [0.15, 0.2) is 60.9 Å². The van der Waals surface area contributed by atoms with Crippen molar-refractivity contribution < 1.29 is 19.0 Å². The molecule has 0 spiro atoms. The van der Waals surface area contributed by atoms with Crippen molar-refractivity contribution in [2.45, 2.75) is 6.61 Å². The summed E-state index contributed by atoms with van der Waals surface area (Å²) in [6.45, 7) is 0.0973. The molecule has 2 aromatic carbocycles. The van der Waals surface area contributed by atoms with Gasteiger partial charge in [0.15, 0.2) is 0 Å². The van der Waals surface area contributed by atoms with Crippen LogP contribution in [0.25, 0.3) is 5.69 Å². The Bertz CT molecular complexity index is 842. The lowest BCUT2D eigenvalue weighted by atomic mass is 10.2. The van der Waals surface area contributed by atoms with Crippen LogP contribution in [0.2, 0.25) is 0 Å². The monoisotopic (exact) mass is 338 g/mol. The highest BCUT2D eigenvalue weighted by atomic mass is 16.5. The van der Waals surface area contributed by atoms with Gasteiger partial charge in [-0.05, 0) is 48.5 Å². The normalized spacial score (nSPS) is 10.3. The first-order valence-electron chi connectivity index (χ1n) is 7.69. The van der Waals surface area contributed by atoms with Gasteiger partial charge in [0.25, 0.3) is 0 Å². The van der Waals surface area contributed by atoms with Crippen molar-refractivity contribution in [3.63, 3.8) is 0 Å². The van der Waals surface area contributed by atoms with Gasteiger partial charge in [0, 0.05) is 18.0 Å². The fourth-order valence-corrected chi connectivity index (χ4v) is 2.39. The van der Waals surface area contributed by atoms with Gasteiger partial charge < -0.3 is 14.2 Å². The molecule has 0 unspecified atom stereocenters. The number of rotatable bonds is 6. The Hall–Kier alpha value is -3.28. The zero-order valence-electron chi connectivity index (χ0n) is 14.0. The lowest BCUT2D eigenvalue weighted by Gasteiger charge is -2.11. The maximum Gasteiger partial charge on any atom is 0.338 e. The summed E-state index contributed by atoms with van der Waals surface area (Å²) in [6.07, 6.45) is 3.53. The lowest BCUT2D eigenvalue weighted by molar-refractivity contribution is 0.0470. The molecule has 0 bridgehead atoms. The molecular formula is C19H18N2O4. The Morgan fingerprint density at radius 2 is 1.88 bits per heavy atom. The van der Waals surface area contributed by atoms with E-state index in [1.54, 1.807) is 55.4 Å². The molecule has 6 heteroatoms. The van der Waals surface area contributed by atoms with Crippen molar-refractivity contribution in [3.8, 4) is 17.2 Å². The van der Waals surface area contributed by atoms with Crippen LogP contribution in [0.4, 0.5) is 0 Å². The second-order valence-corrected chi connectivity index (χ2v) is 5.25. The first-order chi connectivity index (χ1) is 12.2. The Balaban J connectivity index is 1.68. The molecule has 0 saturated heterocycles. The van der Waals surface area contributed by atoms with E-state index in [1.165, 1.54) is 0 Å². The molecule has 128 valence electrons. The van der Waals surface area contributed by atoms with Crippen LogP contribution in [-0.2, 0) is 11.3 Å². The third-order valence-corrected chi connectivity index (χ3v) is 3.72. The quantitative estimate of drug-likeness (QED) is 0.646. The highest BCUT2D eigenvalue weighted by Crippen LogP contribution is 2.25. The molecule has 0 aliphatic rings. The maximum atomic E-state index is 12.3. The van der Waals surface area contributed by atoms with Crippen LogP contribution in [0.5, 0.6) is 11.5 Å². The first-order valence-corrected chi connectivity index (χ1v) is 7.69. The summed E-state index contributed by atoms with van der Waals surface area (Å²) >= 11 is 0. The van der Waals surface area contributed by atoms with Gasteiger partial charge in [-0.1, -0.05) is 0 Å². The number of nitrogens with zero attached hydrogens (tertiary/aromatic N) is 2. The highest BCUT2D eigenvalue weighted by molar-refractivity contribution is 5.89. The zero-order valence-corrected chi connectivity index (χ0v) is 14.0. The second kappa shape index (κ2) is 7.53. The van der Waals surface area contributed by atoms with Gasteiger partial charge in [-0.2, -0.15) is 5.10 Å². The minimum atomic E-state index is -0.406. The third kappa shape index (κ3) is 3.80. The predicted molar refractivity (Wildman–Crippen MR) is 92.2 cm³/mol. The summed E-state index contributed by atoms with van der Waals surface area (Å²) in [5.74, 6) is 0.912. The summed E-state index contributed by atoms with van der Waals surface area (Å²) in [5.41, 5.74) is 2.08. The van der Waals surface area contributed by atoms with E-state index < -0.39 is 5.97 Å². The van der Waals surface area contributed by atoms with Crippen molar-refractivity contribution in [1.82, 2.24) is 9.78 Å². The minimum Gasteiger partial charge on any atom is -0.497 e. The molecule has 3 aromatic rings. The van der Waals surface area contributed by atoms with E-state index in [0.29, 0.717) is 17.1 Å². The molecule has 6 nitrogen and oxygen atoms in total. The maximum absolute atomic E-state index is 12.3. The highest BCUT2D eigenvalue weighted by Gasteiger charge is 2.11. The second-order valence-electron chi connectivity index (χ2n) is 5.25. The molecule has 3 rings (SSSR count). The fourth-order valence-electron chi connectivity index (χ4n) is 2.39. The Morgan fingerprint density at radius 3 is 2.52 bits per heavy atom. The SMILES string of the molecule is COc1ccc(OC)c(COC(=O)c2ccc(-n3cccn3)cc2)c1. The van der Waals surface area contributed by atoms with E-state index in [-0.39, 0.29) is 6.61 Å². The molecule has 1 heterocycles. The molecule has 0 N–H and O–H groups in total. The van der Waals surface area contributed by atoms with Crippen LogP contribution in [0, 0.1) is 0 Å². The molecule has 0 atom stereocenters. The fraction of sp³-hybridized carbons (Fsp3) is 0.158. The van der Waals surface area contributed by atoms with E-state index in [9.17, 15) is 4.79 Å². The van der Waals surface area contributed by atoms with Crippen molar-refractivity contribution >= 4 is 5.97 Å². The van der Waals surface area contributed by atoms with Crippen LogP contribution >= 0.6 is 0 Å². The number of ether oxygens (including phenoxy) is 3. The zero-order chi connectivity index (χ0) is 17.6. The van der Waals surface area contributed by atoms with Gasteiger partial charge in [0.05, 0.1) is 25.5 Å². The number of hydrogen-bond donors (Lipinski definition) is 0. The minimum absolute atomic E-state index is 0.0973. The molecular weight excluding hydrogens is 320 g/mol. The van der Waals surface area contributed by atoms with E-state index in [2.05, 4.69) is 5.10 Å². The van der Waals surface area contributed by atoms with E-state index in [1.807, 2.05) is 24.4 Å². The van der Waals surface area contributed by atoms with Crippen molar-refractivity contribution in [1.29, 1.82) is 0 Å². The average Bonchev–Trinajstić information content (AvgIpc) is 3.20. The van der Waals surface area contributed by atoms with Gasteiger partial charge in [0.2, 0.25) is 0 Å². The smallest absolute Gasteiger partial charge is 0.338 e. The summed E-state index contributed by atoms with van der Waals surface area (Å²) in [5, 5.41) is 4.15. The summed E-state index contributed by atoms with van der Waals surface area (Å²) in [6, 6.07) is 14.2. The number of methoxy groups -OCH3 is 2. The molecule has 0 amide bonds. The van der Waals surface area contributed by atoms with Crippen LogP contribution in [-0.4, -0.2) is 30.0 Å². The first kappa shape index (κ1) is 16.6. The predicted octanol–water partition coefficient (Wildman–Crippen LogP) is 3.25. The lowest BCUT2D eigenvalue weighted by Crippen LogP contribution is -2.06. The molecule has 0 aliphatic carbocycles. The molecule has 0 radical (unpaired) electrons. The van der Waals surface area contributed by atoms with Crippen LogP contribution in [0.1, 0.15) is 15.9 Å². The number of benzene rings is 2. The van der Waals surface area contributed by atoms with Gasteiger partial charge in [-0.15, -0.1) is 0 Å². The van der Waals surface area contributed by atoms with Gasteiger partial charge in [-0.3, -0.25) is 0 Å². The van der Waals surface area contributed by atoms with Crippen LogP contribution < -0.4 is 9.47 Å². The summed E-state index contributed by atoms with van der Waals surface area (Å²) in [4.78, 5) is 12.3. The molecule has 1 aromatic heterocycles. The number of carbonyl (C=O) groups excluding carboxylic acids is 1. The van der Waals surface area contributed by atoms with E-state index in [4.69, 9.17) is 14.2 Å². The summed E-state index contributed by atoms with van der Waals surface area (Å²) in [7, 11) is 3.15. The number of esters is 1. The van der Waals surface area contributed by atoms with Crippen LogP contribution in [0.3, 0.4) is 0 Å². The van der Waals surface area contributed by atoms with Gasteiger partial charge in [-0.25, -0.2) is 9.48 Å². The van der Waals surface area contributed by atoms with Crippen molar-refractivity contribution in [3.05, 3.63) is 72.1 Å². The summed E-state index contributed by atoms with van der Waals surface area (Å²) < 4.78 is 17.6. The Labute approximate surface area is 145 Å².